The van der Waals surface area contributed by atoms with Crippen LogP contribution in [0.1, 0.15) is 33.3 Å². The minimum atomic E-state index is -0.416. The minimum Gasteiger partial charge on any atom is -0.461 e. The van der Waals surface area contributed by atoms with Gasteiger partial charge in [-0.15, -0.1) is 0 Å². The van der Waals surface area contributed by atoms with Crippen LogP contribution >= 0.6 is 0 Å². The first-order valence-corrected chi connectivity index (χ1v) is 6.01. The molecule has 0 bridgehead atoms. The fraction of sp³-hybridized carbons (Fsp3) is 0.429. The van der Waals surface area contributed by atoms with Crippen molar-refractivity contribution in [3.8, 4) is 0 Å². The lowest BCUT2D eigenvalue weighted by Gasteiger charge is -2.18. The molecule has 1 aromatic rings. The second kappa shape index (κ2) is 6.19. The van der Waals surface area contributed by atoms with Crippen LogP contribution in [-0.2, 0) is 9.53 Å². The lowest BCUT2D eigenvalue weighted by atomic mass is 10.1. The number of nitrogens with zero attached hydrogens (tertiary/aromatic N) is 1. The van der Waals surface area contributed by atoms with Gasteiger partial charge < -0.3 is 10.2 Å². The van der Waals surface area contributed by atoms with Crippen molar-refractivity contribution in [1.29, 1.82) is 0 Å². The number of carbonyl (C=O) groups is 1. The van der Waals surface area contributed by atoms with Crippen molar-refractivity contribution in [1.82, 2.24) is 5.43 Å². The molecule has 1 rings (SSSR count). The van der Waals surface area contributed by atoms with Crippen LogP contribution in [0.25, 0.3) is 0 Å². The summed E-state index contributed by atoms with van der Waals surface area (Å²) in [4.78, 5) is 11.9. The van der Waals surface area contributed by atoms with Crippen LogP contribution in [0.4, 0.5) is 0 Å². The van der Waals surface area contributed by atoms with E-state index in [4.69, 9.17) is 4.74 Å². The maximum atomic E-state index is 11.9. The molecule has 0 aromatic heterocycles. The Balaban J connectivity index is 3.00. The standard InChI is InChI=1S/C14H20N2O2/c1-5-18-13(17)12(15-16-14(2,3)4)11-9-7-6-8-10-11/h6-10,16H,5H2,1-4H3/b15-12+. The zero-order valence-corrected chi connectivity index (χ0v) is 11.4. The summed E-state index contributed by atoms with van der Waals surface area (Å²) in [5.74, 6) is -0.416. The van der Waals surface area contributed by atoms with Crippen LogP contribution < -0.4 is 5.43 Å². The molecule has 0 amide bonds. The molecular weight excluding hydrogens is 228 g/mol. The molecule has 1 N–H and O–H groups in total. The van der Waals surface area contributed by atoms with E-state index in [1.54, 1.807) is 6.92 Å². The first-order chi connectivity index (χ1) is 8.44. The van der Waals surface area contributed by atoms with E-state index in [1.165, 1.54) is 0 Å². The van der Waals surface area contributed by atoms with Crippen LogP contribution in [0.15, 0.2) is 35.4 Å². The van der Waals surface area contributed by atoms with Crippen molar-refractivity contribution in [2.75, 3.05) is 6.61 Å². The molecule has 0 radical (unpaired) electrons. The van der Waals surface area contributed by atoms with E-state index < -0.39 is 5.97 Å². The van der Waals surface area contributed by atoms with Gasteiger partial charge in [0.2, 0.25) is 0 Å². The summed E-state index contributed by atoms with van der Waals surface area (Å²) in [6, 6.07) is 9.28. The van der Waals surface area contributed by atoms with Crippen LogP contribution in [-0.4, -0.2) is 23.8 Å². The molecule has 98 valence electrons. The highest BCUT2D eigenvalue weighted by atomic mass is 16.5. The van der Waals surface area contributed by atoms with Gasteiger partial charge in [0.1, 0.15) is 0 Å². The lowest BCUT2D eigenvalue weighted by Crippen LogP contribution is -2.34. The Hall–Kier alpha value is -1.84. The number of rotatable bonds is 4. The summed E-state index contributed by atoms with van der Waals surface area (Å²) in [5.41, 5.74) is 3.79. The van der Waals surface area contributed by atoms with Gasteiger partial charge in [0.25, 0.3) is 0 Å². The molecule has 1 aromatic carbocycles. The lowest BCUT2D eigenvalue weighted by molar-refractivity contribution is -0.135. The Morgan fingerprint density at radius 1 is 1.28 bits per heavy atom. The average Bonchev–Trinajstić information content (AvgIpc) is 2.29. The predicted molar refractivity (Wildman–Crippen MR) is 72.5 cm³/mol. The topological polar surface area (TPSA) is 50.7 Å². The molecule has 0 saturated heterocycles. The van der Waals surface area contributed by atoms with Crippen molar-refractivity contribution in [3.05, 3.63) is 35.9 Å². The molecule has 0 unspecified atom stereocenters. The molecule has 18 heavy (non-hydrogen) atoms. The zero-order chi connectivity index (χ0) is 13.6. The van der Waals surface area contributed by atoms with E-state index in [-0.39, 0.29) is 5.54 Å². The highest BCUT2D eigenvalue weighted by Gasteiger charge is 2.17. The molecule has 0 fully saturated rings. The fourth-order valence-corrected chi connectivity index (χ4v) is 1.25. The summed E-state index contributed by atoms with van der Waals surface area (Å²) >= 11 is 0. The first-order valence-electron chi connectivity index (χ1n) is 6.01. The fourth-order valence-electron chi connectivity index (χ4n) is 1.25. The first kappa shape index (κ1) is 14.2. The van der Waals surface area contributed by atoms with Gasteiger partial charge in [-0.3, -0.25) is 0 Å². The summed E-state index contributed by atoms with van der Waals surface area (Å²) in [7, 11) is 0. The van der Waals surface area contributed by atoms with Crippen molar-refractivity contribution < 1.29 is 9.53 Å². The Morgan fingerprint density at radius 2 is 1.89 bits per heavy atom. The summed E-state index contributed by atoms with van der Waals surface area (Å²) in [6.07, 6.45) is 0. The van der Waals surface area contributed by atoms with Gasteiger partial charge in [0.15, 0.2) is 5.71 Å². The maximum Gasteiger partial charge on any atom is 0.359 e. The predicted octanol–water partition coefficient (Wildman–Crippen LogP) is 2.34. The quantitative estimate of drug-likeness (QED) is 0.505. The Kier molecular flexibility index (Phi) is 4.89. The van der Waals surface area contributed by atoms with Crippen LogP contribution in [0, 0.1) is 0 Å². The molecule has 0 aliphatic heterocycles. The van der Waals surface area contributed by atoms with E-state index in [2.05, 4.69) is 10.5 Å². The summed E-state index contributed by atoms with van der Waals surface area (Å²) in [5, 5.41) is 4.18. The maximum absolute atomic E-state index is 11.9. The number of ether oxygens (including phenoxy) is 1. The number of nitrogens with one attached hydrogen (secondary N) is 1. The average molecular weight is 248 g/mol. The Morgan fingerprint density at radius 3 is 2.39 bits per heavy atom. The molecule has 0 saturated carbocycles. The van der Waals surface area contributed by atoms with Gasteiger partial charge in [-0.1, -0.05) is 30.3 Å². The van der Waals surface area contributed by atoms with Crippen molar-refractivity contribution in [2.24, 2.45) is 5.10 Å². The largest absolute Gasteiger partial charge is 0.461 e. The monoisotopic (exact) mass is 248 g/mol. The smallest absolute Gasteiger partial charge is 0.359 e. The number of carbonyl (C=O) groups excluding carboxylic acids is 1. The number of hydrogen-bond donors (Lipinski definition) is 1. The Bertz CT molecular complexity index is 419. The summed E-state index contributed by atoms with van der Waals surface area (Å²) in [6.45, 7) is 8.04. The SMILES string of the molecule is CCOC(=O)/C(=N/NC(C)(C)C)c1ccccc1. The molecule has 4 nitrogen and oxygen atoms in total. The minimum absolute atomic E-state index is 0.202. The highest BCUT2D eigenvalue weighted by Crippen LogP contribution is 2.05. The number of hydrazone groups is 1. The number of esters is 1. The zero-order valence-electron chi connectivity index (χ0n) is 11.4. The summed E-state index contributed by atoms with van der Waals surface area (Å²) < 4.78 is 5.01. The third-order valence-electron chi connectivity index (χ3n) is 2.02. The highest BCUT2D eigenvalue weighted by molar-refractivity contribution is 6.43. The molecule has 0 spiro atoms. The van der Waals surface area contributed by atoms with E-state index >= 15 is 0 Å². The van der Waals surface area contributed by atoms with Gasteiger partial charge in [-0.05, 0) is 27.7 Å². The Labute approximate surface area is 108 Å². The van der Waals surface area contributed by atoms with Gasteiger partial charge in [-0.25, -0.2) is 4.79 Å². The van der Waals surface area contributed by atoms with E-state index in [1.807, 2.05) is 51.1 Å². The second-order valence-electron chi connectivity index (χ2n) is 4.91. The number of benzene rings is 1. The van der Waals surface area contributed by atoms with E-state index in [0.717, 1.165) is 5.56 Å². The number of hydrogen-bond acceptors (Lipinski definition) is 4. The van der Waals surface area contributed by atoms with Crippen molar-refractivity contribution >= 4 is 11.7 Å². The van der Waals surface area contributed by atoms with Gasteiger partial charge >= 0.3 is 5.97 Å². The third-order valence-corrected chi connectivity index (χ3v) is 2.02. The van der Waals surface area contributed by atoms with Crippen LogP contribution in [0.5, 0.6) is 0 Å². The molecule has 0 heterocycles. The molecule has 0 aliphatic carbocycles. The third kappa shape index (κ3) is 4.57. The van der Waals surface area contributed by atoms with Gasteiger partial charge in [0, 0.05) is 11.1 Å². The molecule has 0 aliphatic rings. The molecule has 0 atom stereocenters. The van der Waals surface area contributed by atoms with Crippen LogP contribution in [0.2, 0.25) is 0 Å². The molecule has 4 heteroatoms. The molecular formula is C14H20N2O2. The van der Waals surface area contributed by atoms with Gasteiger partial charge in [0.05, 0.1) is 6.61 Å². The second-order valence-corrected chi connectivity index (χ2v) is 4.91. The van der Waals surface area contributed by atoms with Crippen molar-refractivity contribution in [2.45, 2.75) is 33.2 Å². The van der Waals surface area contributed by atoms with E-state index in [0.29, 0.717) is 12.3 Å². The van der Waals surface area contributed by atoms with E-state index in [9.17, 15) is 4.79 Å². The van der Waals surface area contributed by atoms with Crippen LogP contribution in [0.3, 0.4) is 0 Å². The van der Waals surface area contributed by atoms with Gasteiger partial charge in [-0.2, -0.15) is 5.10 Å². The normalized spacial score (nSPS) is 12.1. The van der Waals surface area contributed by atoms with Crippen molar-refractivity contribution in [3.63, 3.8) is 0 Å².